The molecular weight excluding hydrogens is 200 g/mol. The molecule has 0 aliphatic carbocycles. The van der Waals surface area contributed by atoms with Crippen LogP contribution in [0.25, 0.3) is 0 Å². The van der Waals surface area contributed by atoms with E-state index in [1.165, 1.54) is 0 Å². The second-order valence-corrected chi connectivity index (χ2v) is 3.72. The van der Waals surface area contributed by atoms with Gasteiger partial charge in [0.15, 0.2) is 0 Å². The highest BCUT2D eigenvalue weighted by atomic mass is 15.2. The van der Waals surface area contributed by atoms with E-state index in [4.69, 9.17) is 11.1 Å². The lowest BCUT2D eigenvalue weighted by Gasteiger charge is -2.23. The Bertz CT molecular complexity index is 349. The molecule has 4 heteroatoms. The van der Waals surface area contributed by atoms with Crippen LogP contribution in [0.3, 0.4) is 0 Å². The van der Waals surface area contributed by atoms with Gasteiger partial charge in [-0.2, -0.15) is 0 Å². The number of hydrogen-bond donors (Lipinski definition) is 2. The van der Waals surface area contributed by atoms with Gasteiger partial charge < -0.3 is 10.6 Å². The lowest BCUT2D eigenvalue weighted by atomic mass is 10.2. The Morgan fingerprint density at radius 2 is 2.25 bits per heavy atom. The maximum absolute atomic E-state index is 7.53. The number of nitrogens with one attached hydrogen (secondary N) is 1. The van der Waals surface area contributed by atoms with Crippen molar-refractivity contribution >= 4 is 11.7 Å². The molecule has 3 N–H and O–H groups in total. The summed E-state index contributed by atoms with van der Waals surface area (Å²) in [7, 11) is 0. The number of amidine groups is 1. The van der Waals surface area contributed by atoms with E-state index in [1.54, 1.807) is 6.20 Å². The molecular formula is C12H20N4. The quantitative estimate of drug-likeness (QED) is 0.569. The molecule has 0 aromatic carbocycles. The molecule has 1 rings (SSSR count). The van der Waals surface area contributed by atoms with E-state index in [0.717, 1.165) is 37.3 Å². The van der Waals surface area contributed by atoms with Crippen molar-refractivity contribution in [2.24, 2.45) is 5.73 Å². The molecule has 0 amide bonds. The van der Waals surface area contributed by atoms with Crippen LogP contribution in [-0.4, -0.2) is 23.9 Å². The van der Waals surface area contributed by atoms with Gasteiger partial charge in [-0.25, -0.2) is 4.98 Å². The lowest BCUT2D eigenvalue weighted by molar-refractivity contribution is 0.723. The molecule has 0 fully saturated rings. The number of nitrogen functional groups attached to an aromatic ring is 1. The van der Waals surface area contributed by atoms with E-state index >= 15 is 0 Å². The van der Waals surface area contributed by atoms with Crippen LogP contribution in [0.1, 0.15) is 32.3 Å². The van der Waals surface area contributed by atoms with E-state index in [9.17, 15) is 0 Å². The molecule has 0 aliphatic rings. The Hall–Kier alpha value is -1.58. The fraction of sp³-hybridized carbons (Fsp3) is 0.500. The minimum Gasteiger partial charge on any atom is -0.384 e. The standard InChI is InChI=1S/C12H20N4/c1-3-5-9-16(4-2)12-10(11(13)14)7-6-8-15-12/h6-8H,3-5,9H2,1-2H3,(H3,13,14). The molecule has 0 spiro atoms. The summed E-state index contributed by atoms with van der Waals surface area (Å²) in [6, 6.07) is 3.66. The summed E-state index contributed by atoms with van der Waals surface area (Å²) < 4.78 is 0. The number of pyridine rings is 1. The first-order valence-corrected chi connectivity index (χ1v) is 5.75. The number of unbranched alkanes of at least 4 members (excludes halogenated alkanes) is 1. The number of rotatable bonds is 6. The van der Waals surface area contributed by atoms with E-state index in [2.05, 4.69) is 23.7 Å². The Morgan fingerprint density at radius 3 is 2.81 bits per heavy atom. The zero-order valence-electron chi connectivity index (χ0n) is 10.0. The smallest absolute Gasteiger partial charge is 0.139 e. The average Bonchev–Trinajstić information content (AvgIpc) is 2.30. The molecule has 0 saturated carbocycles. The van der Waals surface area contributed by atoms with Gasteiger partial charge in [0.2, 0.25) is 0 Å². The van der Waals surface area contributed by atoms with Gasteiger partial charge in [0.25, 0.3) is 0 Å². The minimum atomic E-state index is 0.0815. The molecule has 1 heterocycles. The van der Waals surface area contributed by atoms with Gasteiger partial charge in [0.05, 0.1) is 5.56 Å². The molecule has 88 valence electrons. The highest BCUT2D eigenvalue weighted by Crippen LogP contribution is 2.16. The molecule has 0 radical (unpaired) electrons. The Morgan fingerprint density at radius 1 is 1.50 bits per heavy atom. The predicted molar refractivity (Wildman–Crippen MR) is 68.0 cm³/mol. The van der Waals surface area contributed by atoms with E-state index in [0.29, 0.717) is 0 Å². The summed E-state index contributed by atoms with van der Waals surface area (Å²) in [5.74, 6) is 0.906. The third-order valence-electron chi connectivity index (χ3n) is 2.54. The van der Waals surface area contributed by atoms with Crippen molar-refractivity contribution in [3.05, 3.63) is 23.9 Å². The van der Waals surface area contributed by atoms with Crippen LogP contribution in [-0.2, 0) is 0 Å². The van der Waals surface area contributed by atoms with Gasteiger partial charge in [0.1, 0.15) is 11.7 Å². The Balaban J connectivity index is 2.94. The zero-order chi connectivity index (χ0) is 12.0. The normalized spacial score (nSPS) is 10.1. The first-order chi connectivity index (χ1) is 7.70. The van der Waals surface area contributed by atoms with Gasteiger partial charge >= 0.3 is 0 Å². The second kappa shape index (κ2) is 6.10. The number of hydrogen-bond acceptors (Lipinski definition) is 3. The van der Waals surface area contributed by atoms with Crippen molar-refractivity contribution in [3.63, 3.8) is 0 Å². The lowest BCUT2D eigenvalue weighted by Crippen LogP contribution is -2.28. The summed E-state index contributed by atoms with van der Waals surface area (Å²) in [6.45, 7) is 6.11. The van der Waals surface area contributed by atoms with Crippen LogP contribution in [0.4, 0.5) is 5.82 Å². The predicted octanol–water partition coefficient (Wildman–Crippen LogP) is 1.99. The van der Waals surface area contributed by atoms with Crippen LogP contribution < -0.4 is 10.6 Å². The van der Waals surface area contributed by atoms with Crippen molar-refractivity contribution in [3.8, 4) is 0 Å². The first kappa shape index (κ1) is 12.5. The Labute approximate surface area is 97.0 Å². The topological polar surface area (TPSA) is 66.0 Å². The SMILES string of the molecule is CCCCN(CC)c1ncccc1C(=N)N. The summed E-state index contributed by atoms with van der Waals surface area (Å²) in [5, 5.41) is 7.53. The van der Waals surface area contributed by atoms with Crippen LogP contribution >= 0.6 is 0 Å². The highest BCUT2D eigenvalue weighted by molar-refractivity contribution is 5.99. The molecule has 1 aromatic rings. The van der Waals surface area contributed by atoms with Crippen molar-refractivity contribution in [2.75, 3.05) is 18.0 Å². The maximum Gasteiger partial charge on any atom is 0.139 e. The van der Waals surface area contributed by atoms with Gasteiger partial charge in [0, 0.05) is 19.3 Å². The van der Waals surface area contributed by atoms with E-state index < -0.39 is 0 Å². The van der Waals surface area contributed by atoms with E-state index in [1.807, 2.05) is 12.1 Å². The average molecular weight is 220 g/mol. The third kappa shape index (κ3) is 2.95. The van der Waals surface area contributed by atoms with Gasteiger partial charge in [-0.1, -0.05) is 13.3 Å². The molecule has 0 saturated heterocycles. The molecule has 0 bridgehead atoms. The van der Waals surface area contributed by atoms with Gasteiger partial charge in [-0.05, 0) is 25.5 Å². The van der Waals surface area contributed by atoms with Crippen LogP contribution in [0.2, 0.25) is 0 Å². The first-order valence-electron chi connectivity index (χ1n) is 5.75. The van der Waals surface area contributed by atoms with Gasteiger partial charge in [-0.3, -0.25) is 5.41 Å². The molecule has 4 nitrogen and oxygen atoms in total. The minimum absolute atomic E-state index is 0.0815. The van der Waals surface area contributed by atoms with Crippen LogP contribution in [0.5, 0.6) is 0 Å². The third-order valence-corrected chi connectivity index (χ3v) is 2.54. The number of aromatic nitrogens is 1. The molecule has 0 aliphatic heterocycles. The highest BCUT2D eigenvalue weighted by Gasteiger charge is 2.11. The molecule has 0 unspecified atom stereocenters. The number of nitrogens with two attached hydrogens (primary N) is 1. The molecule has 1 aromatic heterocycles. The van der Waals surface area contributed by atoms with Crippen molar-refractivity contribution in [1.82, 2.24) is 4.98 Å². The molecule has 0 atom stereocenters. The summed E-state index contributed by atoms with van der Waals surface area (Å²) in [4.78, 5) is 6.50. The second-order valence-electron chi connectivity index (χ2n) is 3.72. The van der Waals surface area contributed by atoms with Crippen molar-refractivity contribution < 1.29 is 0 Å². The summed E-state index contributed by atoms with van der Waals surface area (Å²) in [5.41, 5.74) is 6.27. The van der Waals surface area contributed by atoms with Crippen LogP contribution in [0.15, 0.2) is 18.3 Å². The largest absolute Gasteiger partial charge is 0.384 e. The Kier molecular flexibility index (Phi) is 4.76. The van der Waals surface area contributed by atoms with Crippen molar-refractivity contribution in [1.29, 1.82) is 5.41 Å². The monoisotopic (exact) mass is 220 g/mol. The summed E-state index contributed by atoms with van der Waals surface area (Å²) in [6.07, 6.45) is 4.02. The maximum atomic E-state index is 7.53. The van der Waals surface area contributed by atoms with Gasteiger partial charge in [-0.15, -0.1) is 0 Å². The van der Waals surface area contributed by atoms with E-state index in [-0.39, 0.29) is 5.84 Å². The number of nitrogens with zero attached hydrogens (tertiary/aromatic N) is 2. The number of anilines is 1. The van der Waals surface area contributed by atoms with Crippen molar-refractivity contribution in [2.45, 2.75) is 26.7 Å². The zero-order valence-corrected chi connectivity index (χ0v) is 10.0. The fourth-order valence-corrected chi connectivity index (χ4v) is 1.62. The van der Waals surface area contributed by atoms with Crippen LogP contribution in [0, 0.1) is 5.41 Å². The summed E-state index contributed by atoms with van der Waals surface area (Å²) >= 11 is 0. The molecule has 16 heavy (non-hydrogen) atoms. The fourth-order valence-electron chi connectivity index (χ4n) is 1.62.